The molecule has 2 aromatic heterocycles. The first kappa shape index (κ1) is 31.6. The van der Waals surface area contributed by atoms with Crippen LogP contribution in [0.25, 0.3) is 11.4 Å². The van der Waals surface area contributed by atoms with Crippen molar-refractivity contribution in [3.8, 4) is 11.4 Å². The minimum Gasteiger partial charge on any atom is -0.382 e. The Morgan fingerprint density at radius 3 is 2.29 bits per heavy atom. The third-order valence-corrected chi connectivity index (χ3v) is 6.32. The minimum atomic E-state index is -5.08. The molecule has 0 radical (unpaired) electrons. The van der Waals surface area contributed by atoms with E-state index in [2.05, 4.69) is 15.2 Å². The number of aliphatic hydroxyl groups excluding tert-OH is 1. The highest BCUT2D eigenvalue weighted by molar-refractivity contribution is 6.30. The lowest BCUT2D eigenvalue weighted by Crippen LogP contribution is -2.50. The van der Waals surface area contributed by atoms with Gasteiger partial charge in [0.1, 0.15) is 6.54 Å². The molecular weight excluding hydrogens is 617 g/mol. The number of morpholine rings is 1. The molecule has 0 amide bonds. The Hall–Kier alpha value is -3.32. The highest BCUT2D eigenvalue weighted by Gasteiger charge is 2.44. The molecule has 20 heteroatoms. The molecule has 1 fully saturated rings. The van der Waals surface area contributed by atoms with Crippen molar-refractivity contribution in [1.82, 2.24) is 29.1 Å². The molecule has 0 saturated carbocycles. The summed E-state index contributed by atoms with van der Waals surface area (Å²) < 4.78 is 124. The van der Waals surface area contributed by atoms with Gasteiger partial charge in [0.15, 0.2) is 23.9 Å². The second-order valence-electron chi connectivity index (χ2n) is 9.20. The number of benzene rings is 1. The van der Waals surface area contributed by atoms with E-state index in [1.807, 2.05) is 0 Å². The number of rotatable bonds is 8. The van der Waals surface area contributed by atoms with Crippen LogP contribution in [0.15, 0.2) is 29.1 Å². The molecule has 10 nitrogen and oxygen atoms in total. The zero-order valence-corrected chi connectivity index (χ0v) is 21.8. The van der Waals surface area contributed by atoms with Gasteiger partial charge in [0.25, 0.3) is 0 Å². The summed E-state index contributed by atoms with van der Waals surface area (Å²) in [4.78, 5) is 18.2. The number of hydrogen-bond donors (Lipinski definition) is 1. The third kappa shape index (κ3) is 7.54. The average molecular weight is 638 g/mol. The lowest BCUT2D eigenvalue weighted by Gasteiger charge is -2.34. The quantitative estimate of drug-likeness (QED) is 0.376. The van der Waals surface area contributed by atoms with Crippen molar-refractivity contribution in [2.45, 2.75) is 56.8 Å². The van der Waals surface area contributed by atoms with Gasteiger partial charge < -0.3 is 14.7 Å². The monoisotopic (exact) mass is 637 g/mol. The molecular formula is C22H21ClF9N7O3. The van der Waals surface area contributed by atoms with Crippen molar-refractivity contribution in [3.63, 3.8) is 0 Å². The number of anilines is 1. The van der Waals surface area contributed by atoms with E-state index in [1.54, 1.807) is 0 Å². The van der Waals surface area contributed by atoms with Crippen LogP contribution < -0.4 is 10.6 Å². The predicted molar refractivity (Wildman–Crippen MR) is 127 cm³/mol. The number of ether oxygens (including phenoxy) is 1. The number of halogens is 10. The highest BCUT2D eigenvalue weighted by Crippen LogP contribution is 2.29. The average Bonchev–Trinajstić information content (AvgIpc) is 3.43. The molecule has 1 aliphatic heterocycles. The summed E-state index contributed by atoms with van der Waals surface area (Å²) in [5.41, 5.74) is -1.01. The van der Waals surface area contributed by atoms with Crippen molar-refractivity contribution >= 4 is 17.5 Å². The molecule has 3 aromatic rings. The third-order valence-electron chi connectivity index (χ3n) is 6.07. The zero-order chi connectivity index (χ0) is 31.0. The normalized spacial score (nSPS) is 17.6. The molecule has 0 aliphatic carbocycles. The lowest BCUT2D eigenvalue weighted by molar-refractivity contribution is -0.221. The SMILES string of the molecule is O=c1n(Cc2nc(N3CCOC(C(F)(F)F)C3)n(CCC(F)(F)F)n2)nc(-c2ccc(Cl)cc2)n1CC(O)C(F)(F)F. The maximum atomic E-state index is 13.3. The maximum Gasteiger partial charge on any atom is 0.416 e. The molecule has 1 N–H and O–H groups in total. The van der Waals surface area contributed by atoms with Gasteiger partial charge in [-0.2, -0.15) is 49.6 Å². The van der Waals surface area contributed by atoms with E-state index in [4.69, 9.17) is 16.3 Å². The summed E-state index contributed by atoms with van der Waals surface area (Å²) in [6.45, 7) is -4.11. The largest absolute Gasteiger partial charge is 0.416 e. The first-order valence-electron chi connectivity index (χ1n) is 12.0. The molecule has 0 bridgehead atoms. The Morgan fingerprint density at radius 2 is 1.69 bits per heavy atom. The van der Waals surface area contributed by atoms with Gasteiger partial charge in [-0.05, 0) is 24.3 Å². The minimum absolute atomic E-state index is 0.139. The van der Waals surface area contributed by atoms with Crippen LogP contribution in [0.4, 0.5) is 45.5 Å². The Balaban J connectivity index is 1.71. The molecule has 4 rings (SSSR count). The number of hydrogen-bond acceptors (Lipinski definition) is 7. The van der Waals surface area contributed by atoms with Crippen LogP contribution in [0.2, 0.25) is 5.02 Å². The number of aliphatic hydroxyl groups is 1. The van der Waals surface area contributed by atoms with E-state index in [0.29, 0.717) is 9.25 Å². The van der Waals surface area contributed by atoms with Crippen LogP contribution in [0.3, 0.4) is 0 Å². The van der Waals surface area contributed by atoms with Crippen LogP contribution in [0.5, 0.6) is 0 Å². The van der Waals surface area contributed by atoms with Gasteiger partial charge in [0.2, 0.25) is 5.95 Å². The van der Waals surface area contributed by atoms with E-state index in [1.165, 1.54) is 24.3 Å². The Morgan fingerprint density at radius 1 is 1.02 bits per heavy atom. The van der Waals surface area contributed by atoms with Crippen molar-refractivity contribution < 1.29 is 49.4 Å². The van der Waals surface area contributed by atoms with Crippen molar-refractivity contribution in [3.05, 3.63) is 45.6 Å². The zero-order valence-electron chi connectivity index (χ0n) is 21.1. The second-order valence-corrected chi connectivity index (χ2v) is 9.64. The van der Waals surface area contributed by atoms with Crippen LogP contribution >= 0.6 is 11.6 Å². The van der Waals surface area contributed by atoms with Gasteiger partial charge in [-0.25, -0.2) is 14.2 Å². The van der Waals surface area contributed by atoms with Crippen LogP contribution in [0, 0.1) is 0 Å². The highest BCUT2D eigenvalue weighted by atomic mass is 35.5. The fourth-order valence-corrected chi connectivity index (χ4v) is 4.15. The van der Waals surface area contributed by atoms with Crippen LogP contribution in [-0.2, 0) is 24.4 Å². The molecule has 42 heavy (non-hydrogen) atoms. The van der Waals surface area contributed by atoms with E-state index in [0.717, 1.165) is 9.58 Å². The Bertz CT molecular complexity index is 1430. The Labute approximate surface area is 234 Å². The van der Waals surface area contributed by atoms with Gasteiger partial charge in [-0.15, -0.1) is 5.10 Å². The molecule has 232 valence electrons. The molecule has 2 atom stereocenters. The number of aryl methyl sites for hydroxylation is 1. The fourth-order valence-electron chi connectivity index (χ4n) is 4.02. The van der Waals surface area contributed by atoms with Gasteiger partial charge in [0.05, 0.1) is 32.7 Å². The van der Waals surface area contributed by atoms with Gasteiger partial charge in [0, 0.05) is 17.1 Å². The summed E-state index contributed by atoms with van der Waals surface area (Å²) in [7, 11) is 0. The van der Waals surface area contributed by atoms with E-state index >= 15 is 0 Å². The number of nitrogens with zero attached hydrogens (tertiary/aromatic N) is 7. The first-order chi connectivity index (χ1) is 19.4. The van der Waals surface area contributed by atoms with Crippen LogP contribution in [-0.4, -0.2) is 84.7 Å². The first-order valence-corrected chi connectivity index (χ1v) is 12.4. The molecule has 0 spiro atoms. The summed E-state index contributed by atoms with van der Waals surface area (Å²) in [6.07, 6.45) is -21.1. The van der Waals surface area contributed by atoms with Gasteiger partial charge >= 0.3 is 24.2 Å². The smallest absolute Gasteiger partial charge is 0.382 e. The van der Waals surface area contributed by atoms with Gasteiger partial charge in [-0.3, -0.25) is 4.57 Å². The standard InChI is InChI=1S/C22H21ClF9N7O3/c23-13-3-1-12(2-4-13)17-35-39(19(41)37(17)9-14(40)21(27,28)29)11-16-33-18(38(34-16)6-5-20(24,25)26)36-7-8-42-15(10-36)22(30,31)32/h1-4,14-15,40H,5-11H2. The maximum absolute atomic E-state index is 13.3. The van der Waals surface area contributed by atoms with E-state index in [9.17, 15) is 49.4 Å². The lowest BCUT2D eigenvalue weighted by atomic mass is 10.2. The Kier molecular flexibility index (Phi) is 8.85. The van der Waals surface area contributed by atoms with Crippen molar-refractivity contribution in [2.75, 3.05) is 24.6 Å². The second kappa shape index (κ2) is 11.8. The predicted octanol–water partition coefficient (Wildman–Crippen LogP) is 3.65. The van der Waals surface area contributed by atoms with Crippen molar-refractivity contribution in [2.24, 2.45) is 0 Å². The molecule has 1 aromatic carbocycles. The summed E-state index contributed by atoms with van der Waals surface area (Å²) in [5, 5.41) is 17.8. The fraction of sp³-hybridized carbons (Fsp3) is 0.545. The van der Waals surface area contributed by atoms with Gasteiger partial charge in [-0.1, -0.05) is 11.6 Å². The molecule has 2 unspecified atom stereocenters. The number of aromatic nitrogens is 6. The molecule has 3 heterocycles. The van der Waals surface area contributed by atoms with Crippen molar-refractivity contribution in [1.29, 1.82) is 0 Å². The summed E-state index contributed by atoms with van der Waals surface area (Å²) >= 11 is 5.85. The summed E-state index contributed by atoms with van der Waals surface area (Å²) in [6, 6.07) is 5.44. The topological polar surface area (TPSA) is 103 Å². The molecule has 1 aliphatic rings. The number of alkyl halides is 9. The van der Waals surface area contributed by atoms with Crippen LogP contribution in [0.1, 0.15) is 12.2 Å². The summed E-state index contributed by atoms with van der Waals surface area (Å²) in [5.74, 6) is -1.02. The van der Waals surface area contributed by atoms with E-state index < -0.39 is 75.6 Å². The van der Waals surface area contributed by atoms with E-state index in [-0.39, 0.29) is 34.7 Å². The molecule has 1 saturated heterocycles.